The van der Waals surface area contributed by atoms with Crippen LogP contribution in [-0.4, -0.2) is 25.5 Å². The summed E-state index contributed by atoms with van der Waals surface area (Å²) in [5.74, 6) is 0.451. The molecule has 0 spiro atoms. The van der Waals surface area contributed by atoms with Crippen LogP contribution in [-0.2, 0) is 15.8 Å². The fourth-order valence-corrected chi connectivity index (χ4v) is 3.94. The SMILES string of the molecule is COc1cc(NS(=O)(=O)Cc2ccc(C)cc2)ccc1-c1cncnc1C. The Bertz CT molecular complexity index is 1050. The van der Waals surface area contributed by atoms with Crippen LogP contribution in [0.5, 0.6) is 5.75 Å². The molecule has 0 fully saturated rings. The molecule has 3 aromatic rings. The number of nitrogens with one attached hydrogen (secondary N) is 1. The minimum atomic E-state index is -3.54. The smallest absolute Gasteiger partial charge is 0.236 e. The molecule has 0 amide bonds. The summed E-state index contributed by atoms with van der Waals surface area (Å²) in [6.07, 6.45) is 3.19. The van der Waals surface area contributed by atoms with E-state index in [2.05, 4.69) is 14.7 Å². The quantitative estimate of drug-likeness (QED) is 0.702. The third-order valence-electron chi connectivity index (χ3n) is 4.15. The van der Waals surface area contributed by atoms with E-state index >= 15 is 0 Å². The lowest BCUT2D eigenvalue weighted by Gasteiger charge is -2.13. The van der Waals surface area contributed by atoms with E-state index < -0.39 is 10.0 Å². The van der Waals surface area contributed by atoms with Crippen LogP contribution in [0.4, 0.5) is 5.69 Å². The number of aryl methyl sites for hydroxylation is 2. The summed E-state index contributed by atoms with van der Waals surface area (Å²) in [4.78, 5) is 8.24. The average Bonchev–Trinajstić information content (AvgIpc) is 2.63. The van der Waals surface area contributed by atoms with E-state index in [9.17, 15) is 8.42 Å². The van der Waals surface area contributed by atoms with Gasteiger partial charge in [-0.05, 0) is 31.5 Å². The molecule has 0 atom stereocenters. The maximum Gasteiger partial charge on any atom is 0.236 e. The number of hydrogen-bond donors (Lipinski definition) is 1. The van der Waals surface area contributed by atoms with Crippen molar-refractivity contribution in [2.24, 2.45) is 0 Å². The second-order valence-electron chi connectivity index (χ2n) is 6.28. The molecule has 0 saturated carbocycles. The highest BCUT2D eigenvalue weighted by Crippen LogP contribution is 2.33. The summed E-state index contributed by atoms with van der Waals surface area (Å²) in [7, 11) is -2.00. The highest BCUT2D eigenvalue weighted by molar-refractivity contribution is 7.91. The summed E-state index contributed by atoms with van der Waals surface area (Å²) >= 11 is 0. The monoisotopic (exact) mass is 383 g/mol. The third kappa shape index (κ3) is 4.62. The molecular weight excluding hydrogens is 362 g/mol. The number of methoxy groups -OCH3 is 1. The van der Waals surface area contributed by atoms with Gasteiger partial charge in [0, 0.05) is 29.1 Å². The van der Waals surface area contributed by atoms with Crippen molar-refractivity contribution < 1.29 is 13.2 Å². The fourth-order valence-electron chi connectivity index (χ4n) is 2.75. The van der Waals surface area contributed by atoms with Gasteiger partial charge < -0.3 is 4.74 Å². The van der Waals surface area contributed by atoms with Gasteiger partial charge in [-0.25, -0.2) is 18.4 Å². The van der Waals surface area contributed by atoms with Gasteiger partial charge in [-0.15, -0.1) is 0 Å². The van der Waals surface area contributed by atoms with Gasteiger partial charge in [-0.1, -0.05) is 29.8 Å². The van der Waals surface area contributed by atoms with Crippen LogP contribution in [0.3, 0.4) is 0 Å². The van der Waals surface area contributed by atoms with Crippen molar-refractivity contribution >= 4 is 15.7 Å². The minimum absolute atomic E-state index is 0.0943. The van der Waals surface area contributed by atoms with Gasteiger partial charge in [0.15, 0.2) is 0 Å². The predicted octanol–water partition coefficient (Wildman–Crippen LogP) is 3.71. The fraction of sp³-hybridized carbons (Fsp3) is 0.200. The number of sulfonamides is 1. The molecule has 0 aliphatic carbocycles. The van der Waals surface area contributed by atoms with Crippen LogP contribution in [0.15, 0.2) is 55.0 Å². The van der Waals surface area contributed by atoms with Gasteiger partial charge in [0.05, 0.1) is 18.6 Å². The van der Waals surface area contributed by atoms with E-state index in [1.54, 1.807) is 31.5 Å². The van der Waals surface area contributed by atoms with Crippen molar-refractivity contribution in [3.05, 3.63) is 71.8 Å². The van der Waals surface area contributed by atoms with Gasteiger partial charge in [0.1, 0.15) is 12.1 Å². The zero-order valence-corrected chi connectivity index (χ0v) is 16.2. The molecule has 1 N–H and O–H groups in total. The van der Waals surface area contributed by atoms with Crippen LogP contribution < -0.4 is 9.46 Å². The molecule has 7 heteroatoms. The molecule has 0 aliphatic heterocycles. The third-order valence-corrected chi connectivity index (χ3v) is 5.41. The number of aromatic nitrogens is 2. The van der Waals surface area contributed by atoms with Crippen molar-refractivity contribution in [1.29, 1.82) is 0 Å². The first-order chi connectivity index (χ1) is 12.9. The number of hydrogen-bond acceptors (Lipinski definition) is 5. The summed E-state index contributed by atoms with van der Waals surface area (Å²) in [5, 5.41) is 0. The maximum absolute atomic E-state index is 12.5. The Balaban J connectivity index is 1.85. The molecule has 0 unspecified atom stereocenters. The van der Waals surface area contributed by atoms with Gasteiger partial charge in [-0.2, -0.15) is 0 Å². The molecule has 0 saturated heterocycles. The van der Waals surface area contributed by atoms with Crippen molar-refractivity contribution in [1.82, 2.24) is 9.97 Å². The van der Waals surface area contributed by atoms with Crippen LogP contribution in [0.2, 0.25) is 0 Å². The Morgan fingerprint density at radius 2 is 1.78 bits per heavy atom. The Labute approximate surface area is 159 Å². The van der Waals surface area contributed by atoms with Crippen LogP contribution >= 0.6 is 0 Å². The van der Waals surface area contributed by atoms with E-state index in [1.165, 1.54) is 6.33 Å². The average molecular weight is 383 g/mol. The molecule has 140 valence electrons. The maximum atomic E-state index is 12.5. The second-order valence-corrected chi connectivity index (χ2v) is 8.01. The molecule has 1 heterocycles. The Morgan fingerprint density at radius 1 is 1.04 bits per heavy atom. The zero-order chi connectivity index (χ0) is 19.4. The molecule has 2 aromatic carbocycles. The topological polar surface area (TPSA) is 81.2 Å². The molecule has 0 bridgehead atoms. The van der Waals surface area contributed by atoms with E-state index in [0.717, 1.165) is 27.9 Å². The number of ether oxygens (including phenoxy) is 1. The molecule has 0 aliphatic rings. The van der Waals surface area contributed by atoms with Crippen molar-refractivity contribution in [3.8, 4) is 16.9 Å². The zero-order valence-electron chi connectivity index (χ0n) is 15.4. The molecule has 3 rings (SSSR count). The normalized spacial score (nSPS) is 11.2. The Hall–Kier alpha value is -2.93. The van der Waals surface area contributed by atoms with Gasteiger partial charge in [-0.3, -0.25) is 4.72 Å². The van der Waals surface area contributed by atoms with Crippen molar-refractivity contribution in [2.75, 3.05) is 11.8 Å². The van der Waals surface area contributed by atoms with Crippen LogP contribution in [0.1, 0.15) is 16.8 Å². The second kappa shape index (κ2) is 7.75. The predicted molar refractivity (Wildman–Crippen MR) is 106 cm³/mol. The molecular formula is C20H21N3O3S. The summed E-state index contributed by atoms with van der Waals surface area (Å²) in [5.41, 5.74) is 4.71. The lowest BCUT2D eigenvalue weighted by Crippen LogP contribution is -2.15. The summed E-state index contributed by atoms with van der Waals surface area (Å²) in [6.45, 7) is 3.85. The summed E-state index contributed by atoms with van der Waals surface area (Å²) < 4.78 is 33.0. The standard InChI is InChI=1S/C20H21N3O3S/c1-14-4-6-16(7-5-14)12-27(24,25)23-17-8-9-18(20(10-17)26-3)19-11-21-13-22-15(19)2/h4-11,13,23H,12H2,1-3H3. The first-order valence-electron chi connectivity index (χ1n) is 8.39. The highest BCUT2D eigenvalue weighted by Gasteiger charge is 2.15. The molecule has 27 heavy (non-hydrogen) atoms. The highest BCUT2D eigenvalue weighted by atomic mass is 32.2. The summed E-state index contributed by atoms with van der Waals surface area (Å²) in [6, 6.07) is 12.6. The number of nitrogens with zero attached hydrogens (tertiary/aromatic N) is 2. The largest absolute Gasteiger partial charge is 0.496 e. The van der Waals surface area contributed by atoms with Crippen LogP contribution in [0.25, 0.3) is 11.1 Å². The van der Waals surface area contributed by atoms with Crippen LogP contribution in [0, 0.1) is 13.8 Å². The Morgan fingerprint density at radius 3 is 2.44 bits per heavy atom. The number of benzene rings is 2. The van der Waals surface area contributed by atoms with E-state index in [4.69, 9.17) is 4.74 Å². The molecule has 6 nitrogen and oxygen atoms in total. The van der Waals surface area contributed by atoms with Gasteiger partial charge >= 0.3 is 0 Å². The van der Waals surface area contributed by atoms with Crippen molar-refractivity contribution in [2.45, 2.75) is 19.6 Å². The van der Waals surface area contributed by atoms with Gasteiger partial charge in [0.25, 0.3) is 0 Å². The molecule has 0 radical (unpaired) electrons. The van der Waals surface area contributed by atoms with Gasteiger partial charge in [0.2, 0.25) is 10.0 Å². The minimum Gasteiger partial charge on any atom is -0.496 e. The number of rotatable bonds is 6. The van der Waals surface area contributed by atoms with E-state index in [-0.39, 0.29) is 5.75 Å². The van der Waals surface area contributed by atoms with E-state index in [0.29, 0.717) is 11.4 Å². The Kier molecular flexibility index (Phi) is 5.41. The van der Waals surface area contributed by atoms with Crippen molar-refractivity contribution in [3.63, 3.8) is 0 Å². The lowest BCUT2D eigenvalue weighted by atomic mass is 10.0. The first-order valence-corrected chi connectivity index (χ1v) is 10.0. The lowest BCUT2D eigenvalue weighted by molar-refractivity contribution is 0.416. The van der Waals surface area contributed by atoms with E-state index in [1.807, 2.05) is 38.1 Å². The first kappa shape index (κ1) is 18.8. The number of anilines is 1. The molecule has 1 aromatic heterocycles.